The van der Waals surface area contributed by atoms with Crippen molar-refractivity contribution in [2.75, 3.05) is 38.2 Å². The van der Waals surface area contributed by atoms with Crippen LogP contribution in [0.2, 0.25) is 0 Å². The molecule has 1 aromatic heterocycles. The Hall–Kier alpha value is -1.95. The van der Waals surface area contributed by atoms with E-state index in [9.17, 15) is 0 Å². The van der Waals surface area contributed by atoms with E-state index >= 15 is 0 Å². The van der Waals surface area contributed by atoms with Crippen LogP contribution in [-0.2, 0) is 24.1 Å². The van der Waals surface area contributed by atoms with E-state index in [0.29, 0.717) is 18.2 Å². The summed E-state index contributed by atoms with van der Waals surface area (Å²) in [6.45, 7) is 7.08. The van der Waals surface area contributed by atoms with Crippen LogP contribution < -0.4 is 10.2 Å². The molecule has 1 aromatic carbocycles. The highest BCUT2D eigenvalue weighted by Gasteiger charge is 2.29. The van der Waals surface area contributed by atoms with E-state index in [1.54, 1.807) is 5.56 Å². The Morgan fingerprint density at radius 1 is 1.23 bits per heavy atom. The van der Waals surface area contributed by atoms with E-state index < -0.39 is 0 Å². The first kappa shape index (κ1) is 20.9. The average molecular weight is 421 g/mol. The number of pyridine rings is 1. The maximum atomic E-state index is 5.93. The summed E-state index contributed by atoms with van der Waals surface area (Å²) in [5.74, 6) is 0. The number of rotatable bonds is 5. The van der Waals surface area contributed by atoms with Crippen molar-refractivity contribution in [2.24, 2.45) is 0 Å². The summed E-state index contributed by atoms with van der Waals surface area (Å²) < 4.78 is 5.93. The predicted molar refractivity (Wildman–Crippen MR) is 126 cm³/mol. The van der Waals surface area contributed by atoms with Gasteiger partial charge in [-0.1, -0.05) is 25.1 Å². The largest absolute Gasteiger partial charge is 0.375 e. The first-order valence-corrected chi connectivity index (χ1v) is 12.1. The van der Waals surface area contributed by atoms with Gasteiger partial charge in [-0.3, -0.25) is 9.88 Å². The second kappa shape index (κ2) is 9.27. The molecule has 1 N–H and O–H groups in total. The zero-order valence-corrected chi connectivity index (χ0v) is 19.0. The Morgan fingerprint density at radius 2 is 2.13 bits per heavy atom. The third-order valence-electron chi connectivity index (χ3n) is 7.42. The van der Waals surface area contributed by atoms with Gasteiger partial charge in [-0.05, 0) is 68.0 Å². The molecule has 5 rings (SSSR count). The second-order valence-corrected chi connectivity index (χ2v) is 9.44. The molecule has 3 aliphatic rings. The molecule has 1 saturated heterocycles. The van der Waals surface area contributed by atoms with Crippen LogP contribution in [0.15, 0.2) is 36.5 Å². The van der Waals surface area contributed by atoms with Crippen LogP contribution in [0.25, 0.3) is 0 Å². The van der Waals surface area contributed by atoms with Crippen molar-refractivity contribution in [3.8, 4) is 0 Å². The minimum atomic E-state index is 0.354. The Morgan fingerprint density at radius 3 is 3.03 bits per heavy atom. The van der Waals surface area contributed by atoms with Gasteiger partial charge in [0.2, 0.25) is 0 Å². The molecule has 5 heteroatoms. The summed E-state index contributed by atoms with van der Waals surface area (Å²) in [6, 6.07) is 12.1. The van der Waals surface area contributed by atoms with Gasteiger partial charge in [0.25, 0.3) is 0 Å². The van der Waals surface area contributed by atoms with E-state index in [1.807, 2.05) is 6.20 Å². The predicted octanol–water partition coefficient (Wildman–Crippen LogP) is 3.72. The molecule has 1 fully saturated rings. The summed E-state index contributed by atoms with van der Waals surface area (Å²) in [4.78, 5) is 9.86. The van der Waals surface area contributed by atoms with Gasteiger partial charge in [0.1, 0.15) is 0 Å². The zero-order chi connectivity index (χ0) is 21.2. The van der Waals surface area contributed by atoms with Crippen LogP contribution >= 0.6 is 0 Å². The minimum Gasteiger partial charge on any atom is -0.375 e. The van der Waals surface area contributed by atoms with E-state index in [-0.39, 0.29) is 0 Å². The number of aryl methyl sites for hydroxylation is 1. The number of hydrogen-bond acceptors (Lipinski definition) is 5. The fourth-order valence-electron chi connectivity index (χ4n) is 5.69. The third-order valence-corrected chi connectivity index (χ3v) is 7.42. The van der Waals surface area contributed by atoms with Crippen LogP contribution in [0.1, 0.15) is 54.6 Å². The van der Waals surface area contributed by atoms with Gasteiger partial charge in [0, 0.05) is 44.1 Å². The van der Waals surface area contributed by atoms with Crippen molar-refractivity contribution >= 4 is 5.69 Å². The smallest absolute Gasteiger partial charge is 0.0748 e. The quantitative estimate of drug-likeness (QED) is 0.798. The second-order valence-electron chi connectivity index (χ2n) is 9.44. The lowest BCUT2D eigenvalue weighted by atomic mass is 9.89. The highest BCUT2D eigenvalue weighted by molar-refractivity contribution is 5.58. The third kappa shape index (κ3) is 4.36. The average Bonchev–Trinajstić information content (AvgIpc) is 2.83. The zero-order valence-electron chi connectivity index (χ0n) is 19.0. The molecule has 3 heterocycles. The molecular formula is C26H36N4O. The lowest BCUT2D eigenvalue weighted by molar-refractivity contribution is 0.0383. The maximum Gasteiger partial charge on any atom is 0.0748 e. The van der Waals surface area contributed by atoms with Gasteiger partial charge in [0.05, 0.1) is 24.4 Å². The number of anilines is 1. The monoisotopic (exact) mass is 420 g/mol. The number of fused-ring (bicyclic) bond motifs is 2. The summed E-state index contributed by atoms with van der Waals surface area (Å²) in [5, 5.41) is 3.81. The topological polar surface area (TPSA) is 40.6 Å². The highest BCUT2D eigenvalue weighted by atomic mass is 16.5. The van der Waals surface area contributed by atoms with Crippen molar-refractivity contribution in [1.82, 2.24) is 15.2 Å². The molecule has 0 amide bonds. The Labute approximate surface area is 186 Å². The van der Waals surface area contributed by atoms with Crippen LogP contribution in [0.5, 0.6) is 0 Å². The molecule has 5 nitrogen and oxygen atoms in total. The van der Waals surface area contributed by atoms with Gasteiger partial charge in [-0.2, -0.15) is 0 Å². The fourth-order valence-corrected chi connectivity index (χ4v) is 5.69. The fraction of sp³-hybridized carbons (Fsp3) is 0.577. The maximum absolute atomic E-state index is 5.93. The lowest BCUT2D eigenvalue weighted by Crippen LogP contribution is -2.46. The van der Waals surface area contributed by atoms with Crippen molar-refractivity contribution < 1.29 is 4.74 Å². The number of likely N-dealkylation sites (N-methyl/N-ethyl adjacent to an activating group) is 1. The van der Waals surface area contributed by atoms with E-state index in [4.69, 9.17) is 9.72 Å². The molecule has 0 radical (unpaired) electrons. The number of nitrogens with zero attached hydrogens (tertiary/aromatic N) is 3. The molecule has 1 unspecified atom stereocenters. The molecule has 0 saturated carbocycles. The molecule has 31 heavy (non-hydrogen) atoms. The number of ether oxygens (including phenoxy) is 1. The molecule has 1 aliphatic carbocycles. The van der Waals surface area contributed by atoms with E-state index in [1.165, 1.54) is 41.8 Å². The van der Waals surface area contributed by atoms with Crippen molar-refractivity contribution in [1.29, 1.82) is 0 Å². The molecule has 2 aliphatic heterocycles. The first-order chi connectivity index (χ1) is 15.2. The van der Waals surface area contributed by atoms with Crippen molar-refractivity contribution in [3.63, 3.8) is 0 Å². The Kier molecular flexibility index (Phi) is 6.26. The number of morpholine rings is 1. The molecule has 0 spiro atoms. The van der Waals surface area contributed by atoms with Gasteiger partial charge >= 0.3 is 0 Å². The van der Waals surface area contributed by atoms with E-state index in [2.05, 4.69) is 59.4 Å². The Bertz CT molecular complexity index is 901. The number of hydrogen-bond donors (Lipinski definition) is 1. The standard InChI is InChI=1S/C26H36N4O/c1-3-22-18-30(13-14-31-22)24-10-5-8-20-16-28-21(15-23(20)24)17-29(2)25-11-4-7-19-9-6-12-27-26(19)25/h5-6,8-10,12,21-22,25,28H,3-4,7,11,13-18H2,1-2H3/t21-,22?,25-/m0/s1. The SMILES string of the molecule is CCC1CN(c2cccc3c2C[C@@H](CN(C)[C@H]2CCCc4cccnc42)NC3)CCO1. The summed E-state index contributed by atoms with van der Waals surface area (Å²) >= 11 is 0. The summed E-state index contributed by atoms with van der Waals surface area (Å²) in [6.07, 6.45) is 8.12. The normalized spacial score (nSPS) is 25.9. The van der Waals surface area contributed by atoms with Crippen LogP contribution in [0.4, 0.5) is 5.69 Å². The highest BCUT2D eigenvalue weighted by Crippen LogP contribution is 2.34. The summed E-state index contributed by atoms with van der Waals surface area (Å²) in [5.41, 5.74) is 7.16. The number of nitrogens with one attached hydrogen (secondary N) is 1. The van der Waals surface area contributed by atoms with Crippen molar-refractivity contribution in [3.05, 3.63) is 58.9 Å². The van der Waals surface area contributed by atoms with E-state index in [0.717, 1.165) is 45.6 Å². The van der Waals surface area contributed by atoms with Crippen LogP contribution in [0.3, 0.4) is 0 Å². The number of aromatic nitrogens is 1. The van der Waals surface area contributed by atoms with Crippen LogP contribution in [-0.4, -0.2) is 55.3 Å². The molecule has 0 bridgehead atoms. The van der Waals surface area contributed by atoms with Crippen molar-refractivity contribution in [2.45, 2.75) is 63.8 Å². The Balaban J connectivity index is 1.31. The molecule has 2 aromatic rings. The molecule has 3 atom stereocenters. The number of benzene rings is 1. The minimum absolute atomic E-state index is 0.354. The van der Waals surface area contributed by atoms with Gasteiger partial charge in [0.15, 0.2) is 0 Å². The van der Waals surface area contributed by atoms with Gasteiger partial charge in [-0.25, -0.2) is 0 Å². The lowest BCUT2D eigenvalue weighted by Gasteiger charge is -2.39. The van der Waals surface area contributed by atoms with Crippen LogP contribution in [0, 0.1) is 0 Å². The molecular weight excluding hydrogens is 384 g/mol. The van der Waals surface area contributed by atoms with Gasteiger partial charge in [-0.15, -0.1) is 0 Å². The summed E-state index contributed by atoms with van der Waals surface area (Å²) in [7, 11) is 2.28. The first-order valence-electron chi connectivity index (χ1n) is 12.1. The molecule has 166 valence electrons. The van der Waals surface area contributed by atoms with Gasteiger partial charge < -0.3 is 15.0 Å².